The van der Waals surface area contributed by atoms with Crippen LogP contribution in [0.15, 0.2) is 18.2 Å². The molecule has 0 amide bonds. The summed E-state index contributed by atoms with van der Waals surface area (Å²) in [5.41, 5.74) is -0.355. The summed E-state index contributed by atoms with van der Waals surface area (Å²) in [6.45, 7) is 2.40. The maximum atomic E-state index is 13.2. The number of esters is 1. The quantitative estimate of drug-likeness (QED) is 0.838. The lowest BCUT2D eigenvalue weighted by molar-refractivity contribution is -0.153. The van der Waals surface area contributed by atoms with Crippen LogP contribution in [-0.2, 0) is 15.5 Å². The maximum absolute atomic E-state index is 13.2. The van der Waals surface area contributed by atoms with Gasteiger partial charge in [-0.25, -0.2) is 13.6 Å². The summed E-state index contributed by atoms with van der Waals surface area (Å²) in [6, 6.07) is 3.51. The molecule has 0 fully saturated rings. The van der Waals surface area contributed by atoms with Crippen LogP contribution in [0.5, 0.6) is 5.75 Å². The summed E-state index contributed by atoms with van der Waals surface area (Å²) in [5.74, 6) is -3.83. The second-order valence-corrected chi connectivity index (χ2v) is 4.00. The van der Waals surface area contributed by atoms with E-state index in [1.807, 2.05) is 0 Å². The molecule has 4 nitrogen and oxygen atoms in total. The smallest absolute Gasteiger partial charge is 0.339 e. The van der Waals surface area contributed by atoms with Crippen molar-refractivity contribution in [3.8, 4) is 5.75 Å². The molecule has 106 valence electrons. The molecule has 1 atom stereocenters. The number of aliphatic hydroxyl groups is 1. The predicted molar refractivity (Wildman–Crippen MR) is 64.2 cm³/mol. The molecule has 0 radical (unpaired) electrons. The zero-order valence-electron chi connectivity index (χ0n) is 10.9. The van der Waals surface area contributed by atoms with Crippen molar-refractivity contribution in [3.05, 3.63) is 29.3 Å². The fourth-order valence-corrected chi connectivity index (χ4v) is 1.57. The van der Waals surface area contributed by atoms with E-state index in [0.717, 1.165) is 13.0 Å². The van der Waals surface area contributed by atoms with Crippen LogP contribution in [0, 0.1) is 0 Å². The van der Waals surface area contributed by atoms with Crippen molar-refractivity contribution < 1.29 is 28.2 Å². The van der Waals surface area contributed by atoms with Gasteiger partial charge < -0.3 is 14.6 Å². The van der Waals surface area contributed by atoms with Gasteiger partial charge in [-0.2, -0.15) is 0 Å². The minimum absolute atomic E-state index is 0.0417. The van der Waals surface area contributed by atoms with E-state index in [9.17, 15) is 18.7 Å². The number of alkyl halides is 2. The molecule has 0 aromatic heterocycles. The fraction of sp³-hybridized carbons (Fsp3) is 0.462. The van der Waals surface area contributed by atoms with Crippen LogP contribution < -0.4 is 4.74 Å². The summed E-state index contributed by atoms with van der Waals surface area (Å²) < 4.78 is 36.1. The summed E-state index contributed by atoms with van der Waals surface area (Å²) in [4.78, 5) is 11.5. The first-order valence-corrected chi connectivity index (χ1v) is 5.72. The van der Waals surface area contributed by atoms with Gasteiger partial charge in [-0.05, 0) is 25.1 Å². The van der Waals surface area contributed by atoms with Gasteiger partial charge in [0.15, 0.2) is 6.10 Å². The van der Waals surface area contributed by atoms with Gasteiger partial charge in [-0.3, -0.25) is 0 Å². The van der Waals surface area contributed by atoms with Crippen LogP contribution in [0.1, 0.15) is 31.1 Å². The van der Waals surface area contributed by atoms with Crippen molar-refractivity contribution in [1.82, 2.24) is 0 Å². The number of aliphatic hydroxyl groups excluding tert-OH is 1. The highest BCUT2D eigenvalue weighted by atomic mass is 19.3. The van der Waals surface area contributed by atoms with Gasteiger partial charge in [0.05, 0.1) is 13.7 Å². The van der Waals surface area contributed by atoms with E-state index in [2.05, 4.69) is 4.74 Å². The summed E-state index contributed by atoms with van der Waals surface area (Å²) in [6.07, 6.45) is -1.66. The van der Waals surface area contributed by atoms with Crippen LogP contribution in [0.3, 0.4) is 0 Å². The molecule has 1 rings (SSSR count). The Kier molecular flexibility index (Phi) is 4.83. The average molecular weight is 274 g/mol. The first-order chi connectivity index (χ1) is 8.81. The Bertz CT molecular complexity index is 454. The van der Waals surface area contributed by atoms with E-state index in [1.165, 1.54) is 19.2 Å². The summed E-state index contributed by atoms with van der Waals surface area (Å²) in [5, 5.41) is 9.82. The van der Waals surface area contributed by atoms with Gasteiger partial charge in [0, 0.05) is 18.1 Å². The number of rotatable bonds is 5. The van der Waals surface area contributed by atoms with Gasteiger partial charge in [0.2, 0.25) is 0 Å². The van der Waals surface area contributed by atoms with Crippen LogP contribution >= 0.6 is 0 Å². The number of ether oxygens (including phenoxy) is 2. The number of methoxy groups -OCH3 is 1. The number of hydrogen-bond acceptors (Lipinski definition) is 4. The number of halogens is 2. The third-order valence-electron chi connectivity index (χ3n) is 2.54. The van der Waals surface area contributed by atoms with Crippen LogP contribution in [0.4, 0.5) is 8.78 Å². The van der Waals surface area contributed by atoms with Crippen molar-refractivity contribution in [2.24, 2.45) is 0 Å². The Morgan fingerprint density at radius 2 is 2.11 bits per heavy atom. The molecule has 0 heterocycles. The monoisotopic (exact) mass is 274 g/mol. The van der Waals surface area contributed by atoms with E-state index in [0.29, 0.717) is 0 Å². The van der Waals surface area contributed by atoms with E-state index < -0.39 is 18.0 Å². The second-order valence-electron chi connectivity index (χ2n) is 4.00. The molecule has 0 saturated heterocycles. The first-order valence-electron chi connectivity index (χ1n) is 5.72. The van der Waals surface area contributed by atoms with E-state index in [-0.39, 0.29) is 23.5 Å². The third-order valence-corrected chi connectivity index (χ3v) is 2.54. The number of carbonyl (C=O) groups excluding carboxylic acids is 1. The van der Waals surface area contributed by atoms with Gasteiger partial charge in [-0.15, -0.1) is 0 Å². The molecule has 0 spiro atoms. The zero-order chi connectivity index (χ0) is 14.6. The van der Waals surface area contributed by atoms with E-state index in [4.69, 9.17) is 4.74 Å². The molecule has 1 unspecified atom stereocenters. The summed E-state index contributed by atoms with van der Waals surface area (Å²) >= 11 is 0. The van der Waals surface area contributed by atoms with Crippen LogP contribution in [0.2, 0.25) is 0 Å². The molecular weight excluding hydrogens is 258 g/mol. The molecular formula is C13H16F2O4. The molecule has 1 aromatic carbocycles. The largest absolute Gasteiger partial charge is 0.496 e. The van der Waals surface area contributed by atoms with Gasteiger partial charge in [0.25, 0.3) is 5.92 Å². The van der Waals surface area contributed by atoms with Crippen molar-refractivity contribution in [1.29, 1.82) is 0 Å². The molecule has 6 heteroatoms. The van der Waals surface area contributed by atoms with Gasteiger partial charge in [0.1, 0.15) is 5.75 Å². The second kappa shape index (κ2) is 5.97. The Hall–Kier alpha value is -1.69. The molecule has 0 aliphatic carbocycles. The molecule has 0 aliphatic rings. The minimum Gasteiger partial charge on any atom is -0.496 e. The van der Waals surface area contributed by atoms with Gasteiger partial charge in [-0.1, -0.05) is 0 Å². The highest BCUT2D eigenvalue weighted by molar-refractivity contribution is 5.77. The molecule has 0 aliphatic heterocycles. The lowest BCUT2D eigenvalue weighted by atomic mass is 10.0. The topological polar surface area (TPSA) is 55.8 Å². The number of benzene rings is 1. The van der Waals surface area contributed by atoms with E-state index in [1.54, 1.807) is 6.92 Å². The highest BCUT2D eigenvalue weighted by Gasteiger charge is 2.29. The Morgan fingerprint density at radius 1 is 1.47 bits per heavy atom. The predicted octanol–water partition coefficient (Wildman–Crippen LogP) is 2.40. The lowest BCUT2D eigenvalue weighted by Gasteiger charge is -2.17. The Balaban J connectivity index is 3.19. The van der Waals surface area contributed by atoms with Crippen LogP contribution in [-0.4, -0.2) is 24.8 Å². The molecule has 19 heavy (non-hydrogen) atoms. The number of hydrogen-bond donors (Lipinski definition) is 1. The molecule has 1 aromatic rings. The lowest BCUT2D eigenvalue weighted by Crippen LogP contribution is -2.17. The third kappa shape index (κ3) is 3.64. The van der Waals surface area contributed by atoms with E-state index >= 15 is 0 Å². The van der Waals surface area contributed by atoms with Crippen molar-refractivity contribution in [2.75, 3.05) is 13.7 Å². The maximum Gasteiger partial charge on any atom is 0.339 e. The van der Waals surface area contributed by atoms with Crippen molar-refractivity contribution in [2.45, 2.75) is 25.9 Å². The molecule has 0 bridgehead atoms. The summed E-state index contributed by atoms with van der Waals surface area (Å²) in [7, 11) is 1.32. The Labute approximate surface area is 109 Å². The standard InChI is InChI=1S/C13H16F2O4/c1-4-19-12(17)11(16)9-7-8(13(2,14)15)5-6-10(9)18-3/h5-7,11,16H,4H2,1-3H3. The van der Waals surface area contributed by atoms with Crippen LogP contribution in [0.25, 0.3) is 0 Å². The van der Waals surface area contributed by atoms with Gasteiger partial charge >= 0.3 is 5.97 Å². The Morgan fingerprint density at radius 3 is 2.58 bits per heavy atom. The SMILES string of the molecule is CCOC(=O)C(O)c1cc(C(C)(F)F)ccc1OC. The minimum atomic E-state index is -3.07. The first kappa shape index (κ1) is 15.4. The van der Waals surface area contributed by atoms with Crippen molar-refractivity contribution >= 4 is 5.97 Å². The normalized spacial score (nSPS) is 12.9. The number of carbonyl (C=O) groups is 1. The highest BCUT2D eigenvalue weighted by Crippen LogP contribution is 2.33. The molecule has 1 N–H and O–H groups in total. The zero-order valence-corrected chi connectivity index (χ0v) is 10.9. The fourth-order valence-electron chi connectivity index (χ4n) is 1.57. The molecule has 0 saturated carbocycles. The van der Waals surface area contributed by atoms with Crippen molar-refractivity contribution in [3.63, 3.8) is 0 Å². The average Bonchev–Trinajstić information content (AvgIpc) is 2.36.